The van der Waals surface area contributed by atoms with Crippen LogP contribution in [-0.2, 0) is 0 Å². The Labute approximate surface area is 131 Å². The molecule has 1 saturated carbocycles. The van der Waals surface area contributed by atoms with Gasteiger partial charge in [-0.25, -0.2) is 0 Å². The fraction of sp³-hybridized carbons (Fsp3) is 0.947. The minimum atomic E-state index is 0.286. The molecule has 4 atom stereocenters. The predicted octanol–water partition coefficient (Wildman–Crippen LogP) is 4.85. The molecule has 0 radical (unpaired) electrons. The summed E-state index contributed by atoms with van der Waals surface area (Å²) in [5.74, 6) is 2.86. The number of nitriles is 1. The number of hydrogen-bond acceptors (Lipinski definition) is 2. The molecule has 0 amide bonds. The summed E-state index contributed by atoms with van der Waals surface area (Å²) in [6.45, 7) is 9.49. The maximum atomic E-state index is 9.54. The lowest BCUT2D eigenvalue weighted by Gasteiger charge is -2.40. The minimum Gasteiger partial charge on any atom is -0.299 e. The Morgan fingerprint density at radius 2 is 1.95 bits per heavy atom. The summed E-state index contributed by atoms with van der Waals surface area (Å²) in [4.78, 5) is 2.69. The molecule has 2 rings (SSSR count). The Hall–Kier alpha value is -0.550. The van der Waals surface area contributed by atoms with Crippen LogP contribution in [0, 0.1) is 35.0 Å². The Bertz CT molecular complexity index is 344. The molecule has 1 saturated heterocycles. The Morgan fingerprint density at radius 1 is 1.14 bits per heavy atom. The second-order valence-electron chi connectivity index (χ2n) is 7.74. The molecule has 0 bridgehead atoms. The van der Waals surface area contributed by atoms with E-state index in [9.17, 15) is 5.26 Å². The molecule has 0 spiro atoms. The second-order valence-corrected chi connectivity index (χ2v) is 7.74. The highest BCUT2D eigenvalue weighted by Gasteiger charge is 2.35. The van der Waals surface area contributed by atoms with E-state index in [0.29, 0.717) is 6.04 Å². The first kappa shape index (κ1) is 16.8. The van der Waals surface area contributed by atoms with Crippen molar-refractivity contribution in [2.75, 3.05) is 13.1 Å². The van der Waals surface area contributed by atoms with Gasteiger partial charge in [-0.3, -0.25) is 4.90 Å². The second kappa shape index (κ2) is 8.18. The van der Waals surface area contributed by atoms with Crippen LogP contribution < -0.4 is 0 Å². The number of likely N-dealkylation sites (tertiary alicyclic amines) is 1. The van der Waals surface area contributed by atoms with Gasteiger partial charge in [0.15, 0.2) is 0 Å². The number of nitrogens with zero attached hydrogens (tertiary/aromatic N) is 2. The van der Waals surface area contributed by atoms with Crippen LogP contribution in [0.2, 0.25) is 0 Å². The van der Waals surface area contributed by atoms with Crippen LogP contribution in [0.1, 0.15) is 72.1 Å². The number of rotatable bonds is 4. The van der Waals surface area contributed by atoms with Gasteiger partial charge in [-0.15, -0.1) is 0 Å². The van der Waals surface area contributed by atoms with Gasteiger partial charge in [0, 0.05) is 6.04 Å². The van der Waals surface area contributed by atoms with Crippen molar-refractivity contribution >= 4 is 0 Å². The lowest BCUT2D eigenvalue weighted by atomic mass is 9.76. The molecule has 0 aromatic heterocycles. The SMILES string of the molecule is CCCC1CCC(C#N)C(N2CCCC(C(C)C)CC2)C1. The maximum absolute atomic E-state index is 9.54. The average molecular weight is 290 g/mol. The summed E-state index contributed by atoms with van der Waals surface area (Å²) in [6.07, 6.45) is 10.4. The first-order valence-corrected chi connectivity index (χ1v) is 9.29. The van der Waals surface area contributed by atoms with E-state index in [-0.39, 0.29) is 5.92 Å². The molecule has 2 heteroatoms. The van der Waals surface area contributed by atoms with Crippen molar-refractivity contribution in [2.24, 2.45) is 23.7 Å². The molecule has 1 aliphatic carbocycles. The lowest BCUT2D eigenvalue weighted by Crippen LogP contribution is -2.44. The van der Waals surface area contributed by atoms with E-state index in [1.165, 1.54) is 58.0 Å². The molecule has 0 aromatic carbocycles. The smallest absolute Gasteiger partial charge is 0.0672 e. The largest absolute Gasteiger partial charge is 0.299 e. The van der Waals surface area contributed by atoms with E-state index in [1.807, 2.05) is 0 Å². The van der Waals surface area contributed by atoms with Crippen molar-refractivity contribution in [1.29, 1.82) is 5.26 Å². The normalized spacial score (nSPS) is 35.4. The summed E-state index contributed by atoms with van der Waals surface area (Å²) in [5, 5.41) is 9.54. The quantitative estimate of drug-likeness (QED) is 0.740. The van der Waals surface area contributed by atoms with Gasteiger partial charge in [-0.1, -0.05) is 33.6 Å². The van der Waals surface area contributed by atoms with Crippen LogP contribution in [0.4, 0.5) is 0 Å². The van der Waals surface area contributed by atoms with Crippen molar-refractivity contribution in [3.8, 4) is 6.07 Å². The van der Waals surface area contributed by atoms with Crippen LogP contribution in [-0.4, -0.2) is 24.0 Å². The maximum Gasteiger partial charge on any atom is 0.0672 e. The molecule has 2 nitrogen and oxygen atoms in total. The van der Waals surface area contributed by atoms with E-state index >= 15 is 0 Å². The molecule has 0 N–H and O–H groups in total. The van der Waals surface area contributed by atoms with E-state index in [2.05, 4.69) is 31.7 Å². The molecule has 0 aromatic rings. The van der Waals surface area contributed by atoms with Gasteiger partial charge in [0.25, 0.3) is 0 Å². The predicted molar refractivity (Wildman–Crippen MR) is 88.9 cm³/mol. The van der Waals surface area contributed by atoms with Gasteiger partial charge in [0.1, 0.15) is 0 Å². The summed E-state index contributed by atoms with van der Waals surface area (Å²) >= 11 is 0. The van der Waals surface area contributed by atoms with Crippen LogP contribution in [0.15, 0.2) is 0 Å². The van der Waals surface area contributed by atoms with Gasteiger partial charge in [-0.2, -0.15) is 5.26 Å². The van der Waals surface area contributed by atoms with E-state index in [4.69, 9.17) is 0 Å². The highest BCUT2D eigenvalue weighted by Crippen LogP contribution is 2.36. The fourth-order valence-corrected chi connectivity index (χ4v) is 4.60. The van der Waals surface area contributed by atoms with E-state index < -0.39 is 0 Å². The van der Waals surface area contributed by atoms with Gasteiger partial charge in [0.05, 0.1) is 12.0 Å². The topological polar surface area (TPSA) is 27.0 Å². The highest BCUT2D eigenvalue weighted by molar-refractivity contribution is 4.98. The monoisotopic (exact) mass is 290 g/mol. The lowest BCUT2D eigenvalue weighted by molar-refractivity contribution is 0.0992. The molecule has 1 aliphatic heterocycles. The molecule has 21 heavy (non-hydrogen) atoms. The number of hydrogen-bond donors (Lipinski definition) is 0. The zero-order valence-corrected chi connectivity index (χ0v) is 14.4. The third-order valence-corrected chi connectivity index (χ3v) is 6.01. The Morgan fingerprint density at radius 3 is 2.62 bits per heavy atom. The van der Waals surface area contributed by atoms with Gasteiger partial charge in [0.2, 0.25) is 0 Å². The zero-order valence-electron chi connectivity index (χ0n) is 14.4. The zero-order chi connectivity index (χ0) is 15.2. The Balaban J connectivity index is 1.98. The molecule has 120 valence electrons. The third kappa shape index (κ3) is 4.46. The fourth-order valence-electron chi connectivity index (χ4n) is 4.60. The van der Waals surface area contributed by atoms with Gasteiger partial charge < -0.3 is 0 Å². The Kier molecular flexibility index (Phi) is 6.55. The summed E-state index contributed by atoms with van der Waals surface area (Å²) in [7, 11) is 0. The van der Waals surface area contributed by atoms with Crippen molar-refractivity contribution in [1.82, 2.24) is 4.90 Å². The summed E-state index contributed by atoms with van der Waals surface area (Å²) in [5.41, 5.74) is 0. The molecule has 2 fully saturated rings. The van der Waals surface area contributed by atoms with Crippen molar-refractivity contribution in [2.45, 2.75) is 78.2 Å². The molecule has 1 heterocycles. The van der Waals surface area contributed by atoms with Gasteiger partial charge >= 0.3 is 0 Å². The van der Waals surface area contributed by atoms with Crippen LogP contribution >= 0.6 is 0 Å². The molecule has 4 unspecified atom stereocenters. The van der Waals surface area contributed by atoms with E-state index in [1.54, 1.807) is 0 Å². The molecular formula is C19H34N2. The summed E-state index contributed by atoms with van der Waals surface area (Å²) in [6, 6.07) is 3.17. The first-order valence-electron chi connectivity index (χ1n) is 9.29. The van der Waals surface area contributed by atoms with Crippen LogP contribution in [0.3, 0.4) is 0 Å². The van der Waals surface area contributed by atoms with E-state index in [0.717, 1.165) is 24.2 Å². The summed E-state index contributed by atoms with van der Waals surface area (Å²) < 4.78 is 0. The van der Waals surface area contributed by atoms with Crippen molar-refractivity contribution in [3.63, 3.8) is 0 Å². The molecule has 2 aliphatic rings. The van der Waals surface area contributed by atoms with Crippen molar-refractivity contribution in [3.05, 3.63) is 0 Å². The van der Waals surface area contributed by atoms with Crippen molar-refractivity contribution < 1.29 is 0 Å². The first-order chi connectivity index (χ1) is 10.2. The highest BCUT2D eigenvalue weighted by atomic mass is 15.2. The van der Waals surface area contributed by atoms with Gasteiger partial charge in [-0.05, 0) is 69.4 Å². The van der Waals surface area contributed by atoms with Crippen LogP contribution in [0.25, 0.3) is 0 Å². The molecular weight excluding hydrogens is 256 g/mol. The average Bonchev–Trinajstić information content (AvgIpc) is 2.73. The van der Waals surface area contributed by atoms with Crippen LogP contribution in [0.5, 0.6) is 0 Å². The third-order valence-electron chi connectivity index (χ3n) is 6.01. The minimum absolute atomic E-state index is 0.286. The standard InChI is InChI=1S/C19H34N2/c1-4-6-16-8-9-18(14-20)19(13-16)21-11-5-7-17(10-12-21)15(2)3/h15-19H,4-13H2,1-3H3.